The third-order valence-corrected chi connectivity index (χ3v) is 4.12. The van der Waals surface area contributed by atoms with Gasteiger partial charge in [0.2, 0.25) is 0 Å². The van der Waals surface area contributed by atoms with Crippen LogP contribution in [-0.4, -0.2) is 44.4 Å². The summed E-state index contributed by atoms with van der Waals surface area (Å²) in [4.78, 5) is 14.7. The van der Waals surface area contributed by atoms with E-state index >= 15 is 0 Å². The van der Waals surface area contributed by atoms with Crippen molar-refractivity contribution in [3.63, 3.8) is 0 Å². The predicted molar refractivity (Wildman–Crippen MR) is 82.2 cm³/mol. The van der Waals surface area contributed by atoms with E-state index in [1.165, 1.54) is 0 Å². The molecule has 1 amide bonds. The Morgan fingerprint density at radius 2 is 2.19 bits per heavy atom. The van der Waals surface area contributed by atoms with Crippen molar-refractivity contribution >= 4 is 5.91 Å². The summed E-state index contributed by atoms with van der Waals surface area (Å²) in [7, 11) is 0. The molecule has 0 bridgehead atoms. The minimum atomic E-state index is -0.367. The minimum Gasteiger partial charge on any atom is -0.393 e. The molecule has 118 valence electrons. The van der Waals surface area contributed by atoms with Gasteiger partial charge in [-0.1, -0.05) is 13.8 Å². The summed E-state index contributed by atoms with van der Waals surface area (Å²) in [5.74, 6) is 0.562. The van der Waals surface area contributed by atoms with Gasteiger partial charge in [-0.3, -0.25) is 9.48 Å². The number of aromatic nitrogens is 2. The van der Waals surface area contributed by atoms with Gasteiger partial charge in [0, 0.05) is 24.8 Å². The summed E-state index contributed by atoms with van der Waals surface area (Å²) in [5, 5.41) is 13.9. The summed E-state index contributed by atoms with van der Waals surface area (Å²) in [5.41, 5.74) is 1.64. The lowest BCUT2D eigenvalue weighted by atomic mass is 10.1. The van der Waals surface area contributed by atoms with E-state index < -0.39 is 0 Å². The lowest BCUT2D eigenvalue weighted by Crippen LogP contribution is -2.37. The Balaban J connectivity index is 2.14. The second-order valence-electron chi connectivity index (χ2n) is 6.60. The molecule has 5 nitrogen and oxygen atoms in total. The van der Waals surface area contributed by atoms with Crippen LogP contribution >= 0.6 is 0 Å². The van der Waals surface area contributed by atoms with Crippen LogP contribution in [0.1, 0.15) is 56.1 Å². The summed E-state index contributed by atoms with van der Waals surface area (Å²) >= 11 is 0. The van der Waals surface area contributed by atoms with Crippen LogP contribution in [0.25, 0.3) is 0 Å². The summed E-state index contributed by atoms with van der Waals surface area (Å²) in [6.07, 6.45) is 3.98. The topological polar surface area (TPSA) is 58.4 Å². The van der Waals surface area contributed by atoms with Gasteiger partial charge in [-0.05, 0) is 39.0 Å². The summed E-state index contributed by atoms with van der Waals surface area (Å²) in [6, 6.07) is 0.158. The predicted octanol–water partition coefficient (Wildman–Crippen LogP) is 2.22. The van der Waals surface area contributed by atoms with Crippen molar-refractivity contribution < 1.29 is 9.90 Å². The van der Waals surface area contributed by atoms with Gasteiger partial charge in [0.25, 0.3) is 5.91 Å². The van der Waals surface area contributed by atoms with Gasteiger partial charge >= 0.3 is 0 Å². The summed E-state index contributed by atoms with van der Waals surface area (Å²) in [6.45, 7) is 9.64. The first-order valence-corrected chi connectivity index (χ1v) is 7.91. The highest BCUT2D eigenvalue weighted by molar-refractivity contribution is 5.95. The second kappa shape index (κ2) is 6.60. The number of carbonyl (C=O) groups is 1. The molecule has 2 rings (SSSR count). The minimum absolute atomic E-state index is 0.0608. The molecule has 21 heavy (non-hydrogen) atoms. The molecule has 1 aromatic heterocycles. The lowest BCUT2D eigenvalue weighted by Gasteiger charge is -2.25. The van der Waals surface area contributed by atoms with Gasteiger partial charge in [0.1, 0.15) is 0 Å². The zero-order valence-electron chi connectivity index (χ0n) is 13.5. The first kappa shape index (κ1) is 16.0. The van der Waals surface area contributed by atoms with E-state index in [-0.39, 0.29) is 18.1 Å². The molecule has 1 aliphatic rings. The molecule has 2 heterocycles. The molecule has 2 unspecified atom stereocenters. The van der Waals surface area contributed by atoms with Crippen molar-refractivity contribution in [1.29, 1.82) is 0 Å². The Morgan fingerprint density at radius 3 is 2.81 bits per heavy atom. The number of hydrogen-bond acceptors (Lipinski definition) is 3. The highest BCUT2D eigenvalue weighted by Gasteiger charge is 2.31. The first-order chi connectivity index (χ1) is 9.90. The Labute approximate surface area is 126 Å². The number of nitrogens with zero attached hydrogens (tertiary/aromatic N) is 3. The molecular formula is C16H27N3O2. The van der Waals surface area contributed by atoms with Gasteiger partial charge in [-0.25, -0.2) is 0 Å². The highest BCUT2D eigenvalue weighted by Crippen LogP contribution is 2.24. The molecule has 1 aromatic rings. The third-order valence-electron chi connectivity index (χ3n) is 4.12. The number of hydrogen-bond donors (Lipinski definition) is 1. The number of carbonyl (C=O) groups excluding carboxylic acids is 1. The van der Waals surface area contributed by atoms with Crippen LogP contribution in [-0.2, 0) is 6.54 Å². The Bertz CT molecular complexity index is 494. The number of aliphatic hydroxyl groups is 1. The number of amides is 1. The fraction of sp³-hybridized carbons (Fsp3) is 0.750. The fourth-order valence-corrected chi connectivity index (χ4v) is 3.08. The maximum atomic E-state index is 12.7. The molecule has 0 aromatic carbocycles. The van der Waals surface area contributed by atoms with Crippen LogP contribution in [0.15, 0.2) is 6.20 Å². The van der Waals surface area contributed by atoms with Gasteiger partial charge in [0.05, 0.1) is 17.9 Å². The van der Waals surface area contributed by atoms with Gasteiger partial charge in [0.15, 0.2) is 0 Å². The first-order valence-electron chi connectivity index (χ1n) is 7.91. The van der Waals surface area contributed by atoms with Gasteiger partial charge in [-0.2, -0.15) is 5.10 Å². The summed E-state index contributed by atoms with van der Waals surface area (Å²) < 4.78 is 1.91. The zero-order chi connectivity index (χ0) is 15.6. The quantitative estimate of drug-likeness (QED) is 0.905. The van der Waals surface area contributed by atoms with Crippen molar-refractivity contribution in [1.82, 2.24) is 14.7 Å². The molecule has 2 atom stereocenters. The molecule has 1 N–H and O–H groups in total. The van der Waals surface area contributed by atoms with Crippen molar-refractivity contribution in [2.75, 3.05) is 6.54 Å². The van der Waals surface area contributed by atoms with Crippen molar-refractivity contribution in [3.05, 3.63) is 17.5 Å². The van der Waals surface area contributed by atoms with E-state index in [0.29, 0.717) is 17.9 Å². The van der Waals surface area contributed by atoms with Crippen molar-refractivity contribution in [2.45, 2.75) is 65.6 Å². The van der Waals surface area contributed by atoms with E-state index in [1.807, 2.05) is 16.5 Å². The van der Waals surface area contributed by atoms with Crippen molar-refractivity contribution in [2.24, 2.45) is 5.92 Å². The maximum Gasteiger partial charge on any atom is 0.257 e. The molecule has 0 saturated carbocycles. The van der Waals surface area contributed by atoms with Crippen LogP contribution < -0.4 is 0 Å². The Hall–Kier alpha value is -1.36. The highest BCUT2D eigenvalue weighted by atomic mass is 16.3. The number of aliphatic hydroxyl groups excluding tert-OH is 1. The molecule has 5 heteroatoms. The smallest absolute Gasteiger partial charge is 0.257 e. The van der Waals surface area contributed by atoms with E-state index in [2.05, 4.69) is 18.9 Å². The van der Waals surface area contributed by atoms with Crippen LogP contribution in [0.3, 0.4) is 0 Å². The Morgan fingerprint density at radius 1 is 1.48 bits per heavy atom. The maximum absolute atomic E-state index is 12.7. The van der Waals surface area contributed by atoms with Crippen LogP contribution in [0.4, 0.5) is 0 Å². The zero-order valence-corrected chi connectivity index (χ0v) is 13.5. The second-order valence-corrected chi connectivity index (χ2v) is 6.60. The van der Waals surface area contributed by atoms with Crippen molar-refractivity contribution in [3.8, 4) is 0 Å². The lowest BCUT2D eigenvalue weighted by molar-refractivity contribution is 0.0681. The molecule has 1 aliphatic heterocycles. The largest absolute Gasteiger partial charge is 0.393 e. The van der Waals surface area contributed by atoms with E-state index in [9.17, 15) is 9.90 Å². The van der Waals surface area contributed by atoms with Crippen LogP contribution in [0.2, 0.25) is 0 Å². The van der Waals surface area contributed by atoms with Crippen LogP contribution in [0.5, 0.6) is 0 Å². The fourth-order valence-electron chi connectivity index (χ4n) is 3.08. The SMILES string of the molecule is Cc1c(C(=O)N2CCCC2CC(C)O)cnn1CC(C)C. The van der Waals surface area contributed by atoms with Crippen LogP contribution in [0, 0.1) is 12.8 Å². The number of likely N-dealkylation sites (tertiary alicyclic amines) is 1. The van der Waals surface area contributed by atoms with Gasteiger partial charge < -0.3 is 10.0 Å². The van der Waals surface area contributed by atoms with Gasteiger partial charge in [-0.15, -0.1) is 0 Å². The average Bonchev–Trinajstić information content (AvgIpc) is 2.96. The van der Waals surface area contributed by atoms with E-state index in [4.69, 9.17) is 0 Å². The molecule has 0 radical (unpaired) electrons. The average molecular weight is 293 g/mol. The normalized spacial score (nSPS) is 20.3. The number of rotatable bonds is 5. The van der Waals surface area contributed by atoms with E-state index in [0.717, 1.165) is 31.6 Å². The molecule has 0 aliphatic carbocycles. The Kier molecular flexibility index (Phi) is 5.04. The standard InChI is InChI=1S/C16H27N3O2/c1-11(2)10-19-13(4)15(9-17-19)16(21)18-7-5-6-14(18)8-12(3)20/h9,11-12,14,20H,5-8,10H2,1-4H3. The molecule has 1 fully saturated rings. The monoisotopic (exact) mass is 293 g/mol. The third kappa shape index (κ3) is 3.64. The molecule has 1 saturated heterocycles. The molecular weight excluding hydrogens is 266 g/mol. The van der Waals surface area contributed by atoms with E-state index in [1.54, 1.807) is 13.1 Å². The molecule has 0 spiro atoms.